The Morgan fingerprint density at radius 1 is 1.13 bits per heavy atom. The summed E-state index contributed by atoms with van der Waals surface area (Å²) in [5.41, 5.74) is 1.18. The molecule has 4 rings (SSSR count). The van der Waals surface area contributed by atoms with Crippen molar-refractivity contribution in [1.82, 2.24) is 15.5 Å². The molecule has 2 aliphatic rings. The third-order valence-electron chi connectivity index (χ3n) is 5.58. The molecule has 2 aromatic carbocycles. The highest BCUT2D eigenvalue weighted by Crippen LogP contribution is 2.30. The van der Waals surface area contributed by atoms with Gasteiger partial charge >= 0.3 is 6.03 Å². The van der Waals surface area contributed by atoms with Crippen LogP contribution in [0.5, 0.6) is 0 Å². The molecular weight excluding hydrogens is 396 g/mol. The van der Waals surface area contributed by atoms with Crippen molar-refractivity contribution < 1.29 is 19.2 Å². The highest BCUT2D eigenvalue weighted by molar-refractivity contribution is 6.10. The lowest BCUT2D eigenvalue weighted by Gasteiger charge is -2.24. The molecular formula is C23H24N4O4. The number of amides is 5. The second kappa shape index (κ2) is 7.86. The number of hydrogen-bond acceptors (Lipinski definition) is 4. The van der Waals surface area contributed by atoms with Crippen LogP contribution in [0.1, 0.15) is 41.3 Å². The first-order valence-corrected chi connectivity index (χ1v) is 10.2. The normalized spacial score (nSPS) is 20.4. The van der Waals surface area contributed by atoms with Crippen LogP contribution in [0.25, 0.3) is 0 Å². The van der Waals surface area contributed by atoms with Crippen LogP contribution in [0.3, 0.4) is 0 Å². The molecule has 1 atom stereocenters. The van der Waals surface area contributed by atoms with Gasteiger partial charge in [0, 0.05) is 17.3 Å². The summed E-state index contributed by atoms with van der Waals surface area (Å²) in [4.78, 5) is 51.2. The number of aryl methyl sites for hydroxylation is 1. The van der Waals surface area contributed by atoms with Crippen LogP contribution >= 0.6 is 0 Å². The Kier molecular flexibility index (Phi) is 5.22. The first-order chi connectivity index (χ1) is 14.8. The molecule has 1 unspecified atom stereocenters. The molecule has 31 heavy (non-hydrogen) atoms. The minimum absolute atomic E-state index is 0.193. The summed E-state index contributed by atoms with van der Waals surface area (Å²) < 4.78 is 0. The topological polar surface area (TPSA) is 108 Å². The standard InChI is InChI=1S/C23H24N4O4/c1-14-6-3-4-9-18(14)23(2)21(30)27(22(31)26-23)13-19(28)24-17-8-5-7-15(12-17)20(29)25-16-10-11-16/h3-9,12,16H,10-11,13H2,1-2H3,(H,24,28)(H,25,29)(H,26,31). The molecule has 8 nitrogen and oxygen atoms in total. The molecule has 2 aromatic rings. The molecule has 0 aromatic heterocycles. The highest BCUT2D eigenvalue weighted by atomic mass is 16.2. The van der Waals surface area contributed by atoms with Crippen molar-refractivity contribution >= 4 is 29.4 Å². The summed E-state index contributed by atoms with van der Waals surface area (Å²) in [5.74, 6) is -1.21. The van der Waals surface area contributed by atoms with E-state index in [-0.39, 0.29) is 11.9 Å². The maximum absolute atomic E-state index is 13.0. The maximum Gasteiger partial charge on any atom is 0.325 e. The van der Waals surface area contributed by atoms with Crippen molar-refractivity contribution in [2.45, 2.75) is 38.3 Å². The van der Waals surface area contributed by atoms with Crippen LogP contribution in [0.2, 0.25) is 0 Å². The lowest BCUT2D eigenvalue weighted by atomic mass is 9.88. The molecule has 2 fully saturated rings. The number of anilines is 1. The number of rotatable bonds is 6. The van der Waals surface area contributed by atoms with E-state index in [0.29, 0.717) is 16.8 Å². The van der Waals surface area contributed by atoms with Gasteiger partial charge in [-0.15, -0.1) is 0 Å². The number of imide groups is 1. The minimum Gasteiger partial charge on any atom is -0.349 e. The molecule has 1 aliphatic carbocycles. The Bertz CT molecular complexity index is 1080. The van der Waals surface area contributed by atoms with Gasteiger partial charge in [-0.2, -0.15) is 0 Å². The number of carbonyl (C=O) groups is 4. The molecule has 0 bridgehead atoms. The molecule has 0 radical (unpaired) electrons. The fourth-order valence-corrected chi connectivity index (χ4v) is 3.74. The van der Waals surface area contributed by atoms with Crippen molar-refractivity contribution in [2.24, 2.45) is 0 Å². The molecule has 1 aliphatic heterocycles. The van der Waals surface area contributed by atoms with E-state index >= 15 is 0 Å². The van der Waals surface area contributed by atoms with E-state index in [2.05, 4.69) is 16.0 Å². The monoisotopic (exact) mass is 420 g/mol. The fourth-order valence-electron chi connectivity index (χ4n) is 3.74. The van der Waals surface area contributed by atoms with Gasteiger partial charge < -0.3 is 16.0 Å². The average Bonchev–Trinajstić information content (AvgIpc) is 3.52. The molecule has 0 spiro atoms. The summed E-state index contributed by atoms with van der Waals surface area (Å²) in [7, 11) is 0. The Morgan fingerprint density at radius 2 is 1.87 bits per heavy atom. The Balaban J connectivity index is 1.44. The van der Waals surface area contributed by atoms with Gasteiger partial charge in [-0.3, -0.25) is 19.3 Å². The quantitative estimate of drug-likeness (QED) is 0.623. The van der Waals surface area contributed by atoms with Gasteiger partial charge in [0.25, 0.3) is 11.8 Å². The third kappa shape index (κ3) is 4.14. The predicted octanol–water partition coefficient (Wildman–Crippen LogP) is 2.29. The predicted molar refractivity (Wildman–Crippen MR) is 114 cm³/mol. The molecule has 1 saturated carbocycles. The summed E-state index contributed by atoms with van der Waals surface area (Å²) in [5, 5.41) is 8.26. The zero-order valence-corrected chi connectivity index (χ0v) is 17.4. The summed E-state index contributed by atoms with van der Waals surface area (Å²) in [6.45, 7) is 3.07. The number of benzene rings is 2. The van der Waals surface area contributed by atoms with Crippen molar-refractivity contribution in [3.63, 3.8) is 0 Å². The smallest absolute Gasteiger partial charge is 0.325 e. The molecule has 5 amide bonds. The Labute approximate surface area is 180 Å². The fraction of sp³-hybridized carbons (Fsp3) is 0.304. The van der Waals surface area contributed by atoms with Gasteiger partial charge in [-0.05, 0) is 56.0 Å². The molecule has 3 N–H and O–H groups in total. The first kappa shape index (κ1) is 20.6. The third-order valence-corrected chi connectivity index (χ3v) is 5.58. The van der Waals surface area contributed by atoms with Crippen LogP contribution < -0.4 is 16.0 Å². The van der Waals surface area contributed by atoms with Gasteiger partial charge in [0.1, 0.15) is 12.1 Å². The number of nitrogens with one attached hydrogen (secondary N) is 3. The van der Waals surface area contributed by atoms with Gasteiger partial charge in [-0.1, -0.05) is 30.3 Å². The van der Waals surface area contributed by atoms with Gasteiger partial charge in [0.2, 0.25) is 5.91 Å². The second-order valence-electron chi connectivity index (χ2n) is 8.14. The van der Waals surface area contributed by atoms with E-state index in [1.165, 1.54) is 0 Å². The Morgan fingerprint density at radius 3 is 2.58 bits per heavy atom. The van der Waals surface area contributed by atoms with Crippen LogP contribution in [0, 0.1) is 6.92 Å². The molecule has 1 saturated heterocycles. The minimum atomic E-state index is -1.23. The van der Waals surface area contributed by atoms with E-state index in [1.54, 1.807) is 43.3 Å². The second-order valence-corrected chi connectivity index (χ2v) is 8.14. The van der Waals surface area contributed by atoms with Crippen molar-refractivity contribution in [2.75, 3.05) is 11.9 Å². The molecule has 1 heterocycles. The van der Waals surface area contributed by atoms with Gasteiger partial charge in [0.15, 0.2) is 0 Å². The maximum atomic E-state index is 13.0. The largest absolute Gasteiger partial charge is 0.349 e. The number of carbonyl (C=O) groups excluding carboxylic acids is 4. The lowest BCUT2D eigenvalue weighted by molar-refractivity contribution is -0.133. The van der Waals surface area contributed by atoms with Crippen LogP contribution in [0.15, 0.2) is 48.5 Å². The number of hydrogen-bond donors (Lipinski definition) is 3. The number of urea groups is 1. The van der Waals surface area contributed by atoms with Crippen LogP contribution in [-0.2, 0) is 15.1 Å². The van der Waals surface area contributed by atoms with E-state index in [1.807, 2.05) is 19.1 Å². The van der Waals surface area contributed by atoms with Crippen molar-refractivity contribution in [1.29, 1.82) is 0 Å². The summed E-state index contributed by atoms with van der Waals surface area (Å²) in [6, 6.07) is 13.5. The first-order valence-electron chi connectivity index (χ1n) is 10.2. The SMILES string of the molecule is Cc1ccccc1C1(C)NC(=O)N(CC(=O)Nc2cccc(C(=O)NC3CC3)c2)C1=O. The number of nitrogens with zero attached hydrogens (tertiary/aromatic N) is 1. The van der Waals surface area contributed by atoms with E-state index in [0.717, 1.165) is 23.3 Å². The molecule has 160 valence electrons. The van der Waals surface area contributed by atoms with Crippen LogP contribution in [0.4, 0.5) is 10.5 Å². The lowest BCUT2D eigenvalue weighted by Crippen LogP contribution is -2.42. The average molecular weight is 420 g/mol. The zero-order chi connectivity index (χ0) is 22.2. The van der Waals surface area contributed by atoms with Crippen molar-refractivity contribution in [3.8, 4) is 0 Å². The summed E-state index contributed by atoms with van der Waals surface area (Å²) in [6.07, 6.45) is 1.96. The molecule has 8 heteroatoms. The van der Waals surface area contributed by atoms with Crippen molar-refractivity contribution in [3.05, 3.63) is 65.2 Å². The highest BCUT2D eigenvalue weighted by Gasteiger charge is 2.50. The van der Waals surface area contributed by atoms with Gasteiger partial charge in [-0.25, -0.2) is 4.79 Å². The summed E-state index contributed by atoms with van der Waals surface area (Å²) >= 11 is 0. The Hall–Kier alpha value is -3.68. The van der Waals surface area contributed by atoms with Gasteiger partial charge in [0.05, 0.1) is 0 Å². The zero-order valence-electron chi connectivity index (χ0n) is 17.4. The van der Waals surface area contributed by atoms with E-state index in [4.69, 9.17) is 0 Å². The van der Waals surface area contributed by atoms with Crippen LogP contribution in [-0.4, -0.2) is 41.2 Å². The van der Waals surface area contributed by atoms with E-state index in [9.17, 15) is 19.2 Å². The van der Waals surface area contributed by atoms with E-state index < -0.39 is 29.9 Å².